The molecule has 1 aromatic heterocycles. The number of nitro groups is 1. The lowest BCUT2D eigenvalue weighted by Crippen LogP contribution is -2.51. The van der Waals surface area contributed by atoms with Gasteiger partial charge < -0.3 is 9.30 Å². The van der Waals surface area contributed by atoms with Crippen LogP contribution < -0.4 is 15.4 Å². The maximum absolute atomic E-state index is 12.0. The Hall–Kier alpha value is -4.10. The van der Waals surface area contributed by atoms with Crippen molar-refractivity contribution in [3.63, 3.8) is 0 Å². The fraction of sp³-hybridized carbons (Fsp3) is 0.0952. The van der Waals surface area contributed by atoms with Gasteiger partial charge in [0.2, 0.25) is 0 Å². The van der Waals surface area contributed by atoms with E-state index in [0.29, 0.717) is 27.2 Å². The topological polar surface area (TPSA) is 141 Å². The predicted octanol–water partition coefficient (Wildman–Crippen LogP) is 2.37. The highest BCUT2D eigenvalue weighted by Crippen LogP contribution is 2.35. The molecular formula is C21H16N6O5S2. The molecule has 0 atom stereocenters. The van der Waals surface area contributed by atoms with Crippen molar-refractivity contribution in [3.8, 4) is 5.75 Å². The van der Waals surface area contributed by atoms with E-state index in [1.54, 1.807) is 17.7 Å². The van der Waals surface area contributed by atoms with E-state index in [4.69, 9.17) is 17.0 Å². The van der Waals surface area contributed by atoms with E-state index in [2.05, 4.69) is 20.8 Å². The molecular weight excluding hydrogens is 480 g/mol. The lowest BCUT2D eigenvalue weighted by Gasteiger charge is -2.16. The van der Waals surface area contributed by atoms with Crippen LogP contribution in [0.25, 0.3) is 6.08 Å². The Labute approximate surface area is 202 Å². The number of aromatic nitrogens is 3. The number of carbonyl (C=O) groups is 2. The van der Waals surface area contributed by atoms with Crippen LogP contribution in [0.4, 0.5) is 5.69 Å². The van der Waals surface area contributed by atoms with E-state index in [1.165, 1.54) is 18.2 Å². The van der Waals surface area contributed by atoms with Crippen LogP contribution in [0, 0.1) is 10.1 Å². The molecule has 2 aromatic carbocycles. The summed E-state index contributed by atoms with van der Waals surface area (Å²) in [7, 11) is 1.74. The number of nitro benzene ring substituents is 1. The van der Waals surface area contributed by atoms with Crippen LogP contribution in [0.2, 0.25) is 0 Å². The van der Waals surface area contributed by atoms with Gasteiger partial charge >= 0.3 is 0 Å². The van der Waals surface area contributed by atoms with E-state index in [0.717, 1.165) is 11.8 Å². The maximum Gasteiger partial charge on any atom is 0.283 e. The molecule has 0 spiro atoms. The Morgan fingerprint density at radius 3 is 2.53 bits per heavy atom. The number of benzene rings is 2. The number of hydrogen-bond acceptors (Lipinski definition) is 9. The summed E-state index contributed by atoms with van der Waals surface area (Å²) in [5, 5.41) is 24.9. The average Bonchev–Trinajstić information content (AvgIpc) is 3.15. The first-order chi connectivity index (χ1) is 16.3. The summed E-state index contributed by atoms with van der Waals surface area (Å²) in [5.74, 6) is -0.136. The van der Waals surface area contributed by atoms with Crippen molar-refractivity contribution in [2.45, 2.75) is 16.7 Å². The Balaban J connectivity index is 1.55. The van der Waals surface area contributed by atoms with Crippen molar-refractivity contribution < 1.29 is 19.2 Å². The van der Waals surface area contributed by atoms with E-state index in [1.807, 2.05) is 30.3 Å². The quantitative estimate of drug-likeness (QED) is 0.166. The second kappa shape index (κ2) is 9.80. The second-order valence-electron chi connectivity index (χ2n) is 6.94. The molecule has 2 N–H and O–H groups in total. The van der Waals surface area contributed by atoms with Gasteiger partial charge in [0, 0.05) is 13.1 Å². The van der Waals surface area contributed by atoms with Crippen LogP contribution in [0.5, 0.6) is 5.75 Å². The standard InChI is InChI=1S/C21H16N6O5S2/c1-26-17(11-32-13-5-3-2-4-6-13)24-25-21(26)34-16-8-7-12(10-15(16)27(30)31)9-14-18(28)22-20(33)23-19(14)29/h2-10H,11H2,1H3,(H2,22,23,28,29,33). The number of hydrogen-bond donors (Lipinski definition) is 2. The summed E-state index contributed by atoms with van der Waals surface area (Å²) in [5.41, 5.74) is -0.115. The highest BCUT2D eigenvalue weighted by Gasteiger charge is 2.26. The third-order valence-electron chi connectivity index (χ3n) is 4.67. The highest BCUT2D eigenvalue weighted by molar-refractivity contribution is 7.99. The first-order valence-corrected chi connectivity index (χ1v) is 10.9. The number of nitrogens with one attached hydrogen (secondary N) is 2. The molecule has 4 rings (SSSR count). The fourth-order valence-electron chi connectivity index (χ4n) is 2.95. The SMILES string of the molecule is Cn1c(COc2ccccc2)nnc1Sc1ccc(C=C2C(=O)NC(=S)NC2=O)cc1[N+](=O)[O-]. The molecule has 1 aliphatic heterocycles. The molecule has 0 radical (unpaired) electrons. The number of rotatable bonds is 7. The minimum atomic E-state index is -0.681. The van der Waals surface area contributed by atoms with Gasteiger partial charge in [-0.05, 0) is 53.8 Å². The van der Waals surface area contributed by atoms with E-state index in [-0.39, 0.29) is 23.0 Å². The molecule has 0 unspecified atom stereocenters. The minimum Gasteiger partial charge on any atom is -0.486 e. The van der Waals surface area contributed by atoms with Crippen molar-refractivity contribution in [3.05, 3.63) is 75.6 Å². The van der Waals surface area contributed by atoms with E-state index in [9.17, 15) is 19.7 Å². The van der Waals surface area contributed by atoms with Gasteiger partial charge in [-0.2, -0.15) is 0 Å². The number of nitrogens with zero attached hydrogens (tertiary/aromatic N) is 4. The summed E-state index contributed by atoms with van der Waals surface area (Å²) >= 11 is 5.82. The van der Waals surface area contributed by atoms with Gasteiger partial charge in [-0.3, -0.25) is 30.3 Å². The van der Waals surface area contributed by atoms with Crippen molar-refractivity contribution in [2.24, 2.45) is 7.05 Å². The van der Waals surface area contributed by atoms with Crippen molar-refractivity contribution >= 4 is 52.7 Å². The van der Waals surface area contributed by atoms with Crippen molar-refractivity contribution in [2.75, 3.05) is 0 Å². The van der Waals surface area contributed by atoms with Crippen LogP contribution in [0.15, 0.2) is 64.2 Å². The zero-order valence-corrected chi connectivity index (χ0v) is 19.2. The predicted molar refractivity (Wildman–Crippen MR) is 126 cm³/mol. The summed E-state index contributed by atoms with van der Waals surface area (Å²) in [6.07, 6.45) is 1.26. The van der Waals surface area contributed by atoms with Crippen LogP contribution in [0.1, 0.15) is 11.4 Å². The molecule has 34 heavy (non-hydrogen) atoms. The van der Waals surface area contributed by atoms with Gasteiger partial charge in [-0.1, -0.05) is 24.3 Å². The second-order valence-corrected chi connectivity index (χ2v) is 8.36. The van der Waals surface area contributed by atoms with Gasteiger partial charge in [-0.25, -0.2) is 0 Å². The van der Waals surface area contributed by atoms with Crippen LogP contribution in [0.3, 0.4) is 0 Å². The molecule has 2 amide bonds. The number of amides is 2. The summed E-state index contributed by atoms with van der Waals surface area (Å²) in [6, 6.07) is 13.6. The lowest BCUT2D eigenvalue weighted by atomic mass is 10.1. The van der Waals surface area contributed by atoms with Crippen molar-refractivity contribution in [1.29, 1.82) is 0 Å². The molecule has 1 aliphatic rings. The third-order valence-corrected chi connectivity index (χ3v) is 5.98. The summed E-state index contributed by atoms with van der Waals surface area (Å²) in [6.45, 7) is 0.177. The molecule has 1 fully saturated rings. The molecule has 0 bridgehead atoms. The summed E-state index contributed by atoms with van der Waals surface area (Å²) < 4.78 is 7.38. The molecule has 13 heteroatoms. The number of thiocarbonyl (C=S) groups is 1. The Kier molecular flexibility index (Phi) is 6.65. The van der Waals surface area contributed by atoms with E-state index < -0.39 is 16.7 Å². The number of ether oxygens (including phenoxy) is 1. The molecule has 3 aromatic rings. The first-order valence-electron chi connectivity index (χ1n) is 9.72. The van der Waals surface area contributed by atoms with E-state index >= 15 is 0 Å². The maximum atomic E-state index is 12.0. The Bertz CT molecular complexity index is 1320. The normalized spacial score (nSPS) is 13.3. The average molecular weight is 497 g/mol. The summed E-state index contributed by atoms with van der Waals surface area (Å²) in [4.78, 5) is 35.6. The zero-order chi connectivity index (χ0) is 24.2. The molecule has 11 nitrogen and oxygen atoms in total. The monoisotopic (exact) mass is 496 g/mol. The number of para-hydroxylation sites is 1. The molecule has 172 valence electrons. The largest absolute Gasteiger partial charge is 0.486 e. The van der Waals surface area contributed by atoms with Crippen LogP contribution in [-0.4, -0.2) is 36.6 Å². The Morgan fingerprint density at radius 2 is 1.85 bits per heavy atom. The Morgan fingerprint density at radius 1 is 1.15 bits per heavy atom. The molecule has 0 saturated carbocycles. The molecule has 0 aliphatic carbocycles. The smallest absolute Gasteiger partial charge is 0.283 e. The van der Waals surface area contributed by atoms with Crippen LogP contribution >= 0.6 is 24.0 Å². The lowest BCUT2D eigenvalue weighted by molar-refractivity contribution is -0.387. The molecule has 1 saturated heterocycles. The van der Waals surface area contributed by atoms with Crippen LogP contribution in [-0.2, 0) is 23.2 Å². The third kappa shape index (κ3) is 5.10. The van der Waals surface area contributed by atoms with Gasteiger partial charge in [0.15, 0.2) is 16.1 Å². The number of carbonyl (C=O) groups excluding carboxylic acids is 2. The highest BCUT2D eigenvalue weighted by atomic mass is 32.2. The van der Waals surface area contributed by atoms with Gasteiger partial charge in [0.1, 0.15) is 17.9 Å². The fourth-order valence-corrected chi connectivity index (χ4v) is 4.03. The van der Waals surface area contributed by atoms with Crippen molar-refractivity contribution in [1.82, 2.24) is 25.4 Å². The van der Waals surface area contributed by atoms with Gasteiger partial charge in [0.25, 0.3) is 17.5 Å². The first kappa shape index (κ1) is 23.1. The van der Waals surface area contributed by atoms with Gasteiger partial charge in [-0.15, -0.1) is 10.2 Å². The minimum absolute atomic E-state index is 0.0953. The zero-order valence-electron chi connectivity index (χ0n) is 17.5. The van der Waals surface area contributed by atoms with Gasteiger partial charge in [0.05, 0.1) is 9.82 Å². The molecule has 2 heterocycles.